The molecule has 0 saturated carbocycles. The summed E-state index contributed by atoms with van der Waals surface area (Å²) in [5.74, 6) is 0.0163. The molecular formula is C13H14O2. The van der Waals surface area contributed by atoms with E-state index in [-0.39, 0.29) is 0 Å². The second kappa shape index (κ2) is 3.91. The Morgan fingerprint density at radius 1 is 1.33 bits per heavy atom. The van der Waals surface area contributed by atoms with E-state index in [1.54, 1.807) is 0 Å². The van der Waals surface area contributed by atoms with Crippen LogP contribution in [0.2, 0.25) is 0 Å². The topological polar surface area (TPSA) is 18.5 Å². The van der Waals surface area contributed by atoms with E-state index in [4.69, 9.17) is 9.47 Å². The van der Waals surface area contributed by atoms with Crippen molar-refractivity contribution in [3.8, 4) is 0 Å². The molecule has 1 aromatic rings. The van der Waals surface area contributed by atoms with Crippen LogP contribution in [-0.2, 0) is 9.47 Å². The van der Waals surface area contributed by atoms with Crippen molar-refractivity contribution in [2.24, 2.45) is 0 Å². The summed E-state index contributed by atoms with van der Waals surface area (Å²) in [5.41, 5.74) is 1.13. The molecule has 1 unspecified atom stereocenters. The maximum absolute atomic E-state index is 5.47. The van der Waals surface area contributed by atoms with Gasteiger partial charge >= 0.3 is 0 Å². The summed E-state index contributed by atoms with van der Waals surface area (Å²) < 4.78 is 10.9. The van der Waals surface area contributed by atoms with Crippen LogP contribution in [-0.4, -0.2) is 12.4 Å². The van der Waals surface area contributed by atoms with Gasteiger partial charge in [-0.1, -0.05) is 43.0 Å². The molecule has 2 nitrogen and oxygen atoms in total. The Bertz CT molecular complexity index is 381. The maximum Gasteiger partial charge on any atom is 0.227 e. The van der Waals surface area contributed by atoms with Crippen molar-refractivity contribution in [2.75, 3.05) is 6.61 Å². The van der Waals surface area contributed by atoms with E-state index < -0.39 is 5.79 Å². The first-order valence-corrected chi connectivity index (χ1v) is 4.93. The lowest BCUT2D eigenvalue weighted by Crippen LogP contribution is -2.21. The van der Waals surface area contributed by atoms with Gasteiger partial charge in [-0.05, 0) is 11.6 Å². The summed E-state index contributed by atoms with van der Waals surface area (Å²) in [6.45, 7) is 6.07. The Balaban J connectivity index is 2.09. The van der Waals surface area contributed by atoms with Crippen LogP contribution >= 0.6 is 0 Å². The number of hydrogen-bond acceptors (Lipinski definition) is 2. The van der Waals surface area contributed by atoms with Gasteiger partial charge in [0.1, 0.15) is 12.4 Å². The summed E-state index contributed by atoms with van der Waals surface area (Å²) >= 11 is 0. The van der Waals surface area contributed by atoms with Crippen molar-refractivity contribution in [1.29, 1.82) is 0 Å². The molecule has 1 heterocycles. The van der Waals surface area contributed by atoms with E-state index in [9.17, 15) is 0 Å². The number of rotatable bonds is 2. The highest BCUT2D eigenvalue weighted by Crippen LogP contribution is 2.26. The van der Waals surface area contributed by atoms with Gasteiger partial charge in [0.05, 0.1) is 0 Å². The molecule has 1 fully saturated rings. The normalized spacial score (nSPS) is 25.8. The standard InChI is InChI=1S/C13H14O2/c1-11-10-14-13(2,15-11)9-8-12-6-4-3-5-7-12/h3-9H,1,10H2,2H3/b9-8+. The smallest absolute Gasteiger partial charge is 0.227 e. The van der Waals surface area contributed by atoms with Gasteiger partial charge in [-0.25, -0.2) is 0 Å². The predicted molar refractivity (Wildman–Crippen MR) is 60.1 cm³/mol. The first-order chi connectivity index (χ1) is 7.18. The minimum atomic E-state index is -0.660. The molecule has 0 bridgehead atoms. The minimum Gasteiger partial charge on any atom is -0.461 e. The maximum atomic E-state index is 5.47. The van der Waals surface area contributed by atoms with Crippen LogP contribution in [0, 0.1) is 0 Å². The highest BCUT2D eigenvalue weighted by Gasteiger charge is 2.30. The molecule has 2 rings (SSSR count). The number of benzene rings is 1. The lowest BCUT2D eigenvalue weighted by Gasteiger charge is -2.17. The summed E-state index contributed by atoms with van der Waals surface area (Å²) in [5, 5.41) is 0. The minimum absolute atomic E-state index is 0.468. The summed E-state index contributed by atoms with van der Waals surface area (Å²) in [6, 6.07) is 10.0. The molecule has 1 saturated heterocycles. The zero-order chi connectivity index (χ0) is 10.7. The van der Waals surface area contributed by atoms with Gasteiger partial charge in [0.25, 0.3) is 0 Å². The molecule has 78 valence electrons. The second-order valence-electron chi connectivity index (χ2n) is 3.69. The van der Waals surface area contributed by atoms with Crippen molar-refractivity contribution in [2.45, 2.75) is 12.7 Å². The third-order valence-electron chi connectivity index (χ3n) is 2.24. The summed E-state index contributed by atoms with van der Waals surface area (Å²) in [7, 11) is 0. The SMILES string of the molecule is C=C1COC(C)(/C=C/c2ccccc2)O1. The number of hydrogen-bond donors (Lipinski definition) is 0. The Morgan fingerprint density at radius 2 is 2.07 bits per heavy atom. The lowest BCUT2D eigenvalue weighted by atomic mass is 10.2. The lowest BCUT2D eigenvalue weighted by molar-refractivity contribution is -0.0895. The molecule has 0 aliphatic carbocycles. The van der Waals surface area contributed by atoms with Crippen LogP contribution in [0.15, 0.2) is 48.7 Å². The predicted octanol–water partition coefficient (Wildman–Crippen LogP) is 2.98. The van der Waals surface area contributed by atoms with Gasteiger partial charge < -0.3 is 9.47 Å². The van der Waals surface area contributed by atoms with Gasteiger partial charge in [0.15, 0.2) is 0 Å². The molecule has 15 heavy (non-hydrogen) atoms. The fraction of sp³-hybridized carbons (Fsp3) is 0.231. The molecule has 1 aliphatic heterocycles. The Hall–Kier alpha value is -1.54. The van der Waals surface area contributed by atoms with Crippen LogP contribution in [0.5, 0.6) is 0 Å². The van der Waals surface area contributed by atoms with Crippen LogP contribution in [0.3, 0.4) is 0 Å². The van der Waals surface area contributed by atoms with Crippen molar-refractivity contribution < 1.29 is 9.47 Å². The molecule has 0 radical (unpaired) electrons. The van der Waals surface area contributed by atoms with E-state index in [0.29, 0.717) is 12.4 Å². The van der Waals surface area contributed by atoms with E-state index >= 15 is 0 Å². The van der Waals surface area contributed by atoms with Gasteiger partial charge in [0, 0.05) is 6.92 Å². The molecule has 1 aliphatic rings. The summed E-state index contributed by atoms with van der Waals surface area (Å²) in [6.07, 6.45) is 3.89. The molecule has 0 N–H and O–H groups in total. The van der Waals surface area contributed by atoms with Gasteiger partial charge in [-0.3, -0.25) is 0 Å². The van der Waals surface area contributed by atoms with Crippen LogP contribution in [0.4, 0.5) is 0 Å². The second-order valence-corrected chi connectivity index (χ2v) is 3.69. The van der Waals surface area contributed by atoms with E-state index in [2.05, 4.69) is 6.58 Å². The monoisotopic (exact) mass is 202 g/mol. The van der Waals surface area contributed by atoms with Gasteiger partial charge in [-0.2, -0.15) is 0 Å². The van der Waals surface area contributed by atoms with Crippen molar-refractivity contribution >= 4 is 6.08 Å². The Labute approximate surface area is 89.8 Å². The van der Waals surface area contributed by atoms with Crippen LogP contribution in [0.1, 0.15) is 12.5 Å². The first-order valence-electron chi connectivity index (χ1n) is 4.93. The van der Waals surface area contributed by atoms with E-state index in [1.165, 1.54) is 0 Å². The molecule has 1 atom stereocenters. The van der Waals surface area contributed by atoms with E-state index in [1.807, 2.05) is 49.4 Å². The fourth-order valence-electron chi connectivity index (χ4n) is 1.46. The highest BCUT2D eigenvalue weighted by atomic mass is 16.7. The molecule has 1 aromatic carbocycles. The summed E-state index contributed by atoms with van der Waals surface area (Å²) in [4.78, 5) is 0. The zero-order valence-electron chi connectivity index (χ0n) is 8.77. The van der Waals surface area contributed by atoms with Gasteiger partial charge in [0.2, 0.25) is 5.79 Å². The average Bonchev–Trinajstić information content (AvgIpc) is 2.58. The largest absolute Gasteiger partial charge is 0.461 e. The Kier molecular flexibility index (Phi) is 2.60. The van der Waals surface area contributed by atoms with Crippen molar-refractivity contribution in [1.82, 2.24) is 0 Å². The molecule has 0 spiro atoms. The quantitative estimate of drug-likeness (QED) is 0.734. The van der Waals surface area contributed by atoms with Crippen molar-refractivity contribution in [3.63, 3.8) is 0 Å². The molecule has 0 amide bonds. The third-order valence-corrected chi connectivity index (χ3v) is 2.24. The van der Waals surface area contributed by atoms with Gasteiger partial charge in [-0.15, -0.1) is 0 Å². The molecule has 0 aromatic heterocycles. The van der Waals surface area contributed by atoms with E-state index in [0.717, 1.165) is 5.56 Å². The van der Waals surface area contributed by atoms with Crippen molar-refractivity contribution in [3.05, 3.63) is 54.3 Å². The fourth-order valence-corrected chi connectivity index (χ4v) is 1.46. The zero-order valence-corrected chi connectivity index (χ0v) is 8.77. The first kappa shape index (κ1) is 9.99. The third kappa shape index (κ3) is 2.48. The molecule has 2 heteroatoms. The average molecular weight is 202 g/mol. The van der Waals surface area contributed by atoms with Crippen LogP contribution < -0.4 is 0 Å². The highest BCUT2D eigenvalue weighted by molar-refractivity contribution is 5.49. The number of ether oxygens (including phenoxy) is 2. The molecular weight excluding hydrogens is 188 g/mol. The van der Waals surface area contributed by atoms with Crippen LogP contribution in [0.25, 0.3) is 6.08 Å². The Morgan fingerprint density at radius 3 is 2.67 bits per heavy atom.